The summed E-state index contributed by atoms with van der Waals surface area (Å²) in [6.45, 7) is 3.70. The summed E-state index contributed by atoms with van der Waals surface area (Å²) < 4.78 is 5.53. The highest BCUT2D eigenvalue weighted by Crippen LogP contribution is 2.21. The average molecular weight is 375 g/mol. The molecule has 0 saturated heterocycles. The van der Waals surface area contributed by atoms with E-state index in [4.69, 9.17) is 16.3 Å². The van der Waals surface area contributed by atoms with Gasteiger partial charge >= 0.3 is 0 Å². The van der Waals surface area contributed by atoms with Crippen molar-refractivity contribution in [3.05, 3.63) is 58.6 Å². The lowest BCUT2D eigenvalue weighted by atomic mass is 10.1. The van der Waals surface area contributed by atoms with Gasteiger partial charge in [-0.05, 0) is 48.7 Å². The highest BCUT2D eigenvalue weighted by atomic mass is 35.5. The molecule has 0 unspecified atom stereocenters. The number of benzene rings is 2. The predicted octanol–water partition coefficient (Wildman–Crippen LogP) is 3.69. The number of nitrogens with one attached hydrogen (secondary N) is 1. The van der Waals surface area contributed by atoms with Crippen LogP contribution in [0, 0.1) is 6.92 Å². The number of carbonyl (C=O) groups is 2. The molecule has 0 radical (unpaired) electrons. The van der Waals surface area contributed by atoms with E-state index in [1.165, 1.54) is 4.90 Å². The molecule has 26 heavy (non-hydrogen) atoms. The van der Waals surface area contributed by atoms with Crippen molar-refractivity contribution in [2.24, 2.45) is 0 Å². The molecule has 0 heterocycles. The monoisotopic (exact) mass is 374 g/mol. The van der Waals surface area contributed by atoms with E-state index >= 15 is 0 Å². The number of rotatable bonds is 7. The highest BCUT2D eigenvalue weighted by molar-refractivity contribution is 6.30. The van der Waals surface area contributed by atoms with Crippen LogP contribution in [0.1, 0.15) is 18.1 Å². The Bertz CT molecular complexity index is 792. The van der Waals surface area contributed by atoms with E-state index in [2.05, 4.69) is 5.32 Å². The Morgan fingerprint density at radius 1 is 1.19 bits per heavy atom. The van der Waals surface area contributed by atoms with Crippen molar-refractivity contribution in [2.75, 3.05) is 25.5 Å². The van der Waals surface area contributed by atoms with Gasteiger partial charge in [0.15, 0.2) is 6.61 Å². The second kappa shape index (κ2) is 9.25. The number of para-hydroxylation sites is 1. The Morgan fingerprint density at radius 3 is 2.62 bits per heavy atom. The molecule has 0 aliphatic rings. The first kappa shape index (κ1) is 19.8. The van der Waals surface area contributed by atoms with Crippen LogP contribution < -0.4 is 10.1 Å². The fourth-order valence-electron chi connectivity index (χ4n) is 2.47. The Morgan fingerprint density at radius 2 is 1.92 bits per heavy atom. The van der Waals surface area contributed by atoms with Crippen LogP contribution in [0.2, 0.25) is 5.02 Å². The van der Waals surface area contributed by atoms with E-state index in [9.17, 15) is 9.59 Å². The molecule has 2 rings (SSSR count). The van der Waals surface area contributed by atoms with Gasteiger partial charge < -0.3 is 15.0 Å². The van der Waals surface area contributed by atoms with Crippen LogP contribution in [-0.2, 0) is 16.0 Å². The second-order valence-corrected chi connectivity index (χ2v) is 6.44. The maximum atomic E-state index is 12.2. The standard InChI is InChI=1S/C20H23ClN2O3/c1-4-15-7-5-6-8-17(15)22-19(24)12-23(3)20(25)13-26-18-10-9-16(21)11-14(18)2/h5-11H,4,12-13H2,1-3H3,(H,22,24). The van der Waals surface area contributed by atoms with E-state index in [0.29, 0.717) is 10.8 Å². The fourth-order valence-corrected chi connectivity index (χ4v) is 2.69. The third-order valence-corrected chi connectivity index (χ3v) is 4.20. The van der Waals surface area contributed by atoms with E-state index in [-0.39, 0.29) is 25.0 Å². The zero-order valence-electron chi connectivity index (χ0n) is 15.2. The molecule has 2 amide bonds. The quantitative estimate of drug-likeness (QED) is 0.804. The van der Waals surface area contributed by atoms with Gasteiger partial charge in [0.05, 0.1) is 6.54 Å². The molecule has 0 spiro atoms. The molecule has 2 aromatic rings. The van der Waals surface area contributed by atoms with Gasteiger partial charge in [-0.2, -0.15) is 0 Å². The van der Waals surface area contributed by atoms with E-state index in [1.54, 1.807) is 25.2 Å². The minimum absolute atomic E-state index is 0.0418. The number of halogens is 1. The molecule has 1 N–H and O–H groups in total. The first-order chi connectivity index (χ1) is 12.4. The van der Waals surface area contributed by atoms with Crippen LogP contribution in [0.5, 0.6) is 5.75 Å². The zero-order chi connectivity index (χ0) is 19.1. The number of ether oxygens (including phenoxy) is 1. The Hall–Kier alpha value is -2.53. The maximum Gasteiger partial charge on any atom is 0.260 e. The summed E-state index contributed by atoms with van der Waals surface area (Å²) in [5.41, 5.74) is 2.67. The van der Waals surface area contributed by atoms with Gasteiger partial charge in [0, 0.05) is 17.8 Å². The number of hydrogen-bond donors (Lipinski definition) is 1. The first-order valence-electron chi connectivity index (χ1n) is 8.41. The minimum atomic E-state index is -0.279. The number of amides is 2. The lowest BCUT2D eigenvalue weighted by Gasteiger charge is -2.18. The highest BCUT2D eigenvalue weighted by Gasteiger charge is 2.15. The van der Waals surface area contributed by atoms with Gasteiger partial charge in [-0.1, -0.05) is 36.7 Å². The molecule has 0 aromatic heterocycles. The topological polar surface area (TPSA) is 58.6 Å². The molecular weight excluding hydrogens is 352 g/mol. The summed E-state index contributed by atoms with van der Waals surface area (Å²) in [4.78, 5) is 25.7. The Balaban J connectivity index is 1.87. The third-order valence-electron chi connectivity index (χ3n) is 3.97. The average Bonchev–Trinajstić information content (AvgIpc) is 2.61. The Kier molecular flexibility index (Phi) is 7.04. The summed E-state index contributed by atoms with van der Waals surface area (Å²) in [6.07, 6.45) is 0.819. The molecule has 0 fully saturated rings. The smallest absolute Gasteiger partial charge is 0.260 e. The van der Waals surface area contributed by atoms with E-state index in [1.807, 2.05) is 38.1 Å². The SMILES string of the molecule is CCc1ccccc1NC(=O)CN(C)C(=O)COc1ccc(Cl)cc1C. The third kappa shape index (κ3) is 5.49. The summed E-state index contributed by atoms with van der Waals surface area (Å²) in [7, 11) is 1.58. The van der Waals surface area contributed by atoms with Gasteiger partial charge in [0.2, 0.25) is 5.91 Å². The van der Waals surface area contributed by atoms with Crippen molar-refractivity contribution in [1.82, 2.24) is 4.90 Å². The summed E-state index contributed by atoms with van der Waals surface area (Å²) >= 11 is 5.90. The number of nitrogens with zero attached hydrogens (tertiary/aromatic N) is 1. The molecule has 0 saturated carbocycles. The van der Waals surface area contributed by atoms with Crippen molar-refractivity contribution < 1.29 is 14.3 Å². The fraction of sp³-hybridized carbons (Fsp3) is 0.300. The lowest BCUT2D eigenvalue weighted by molar-refractivity contribution is -0.135. The van der Waals surface area contributed by atoms with Crippen molar-refractivity contribution in [1.29, 1.82) is 0 Å². The molecule has 2 aromatic carbocycles. The largest absolute Gasteiger partial charge is 0.483 e. The Labute approximate surface area is 158 Å². The van der Waals surface area contributed by atoms with Crippen molar-refractivity contribution in [2.45, 2.75) is 20.3 Å². The van der Waals surface area contributed by atoms with Crippen LogP contribution in [0.25, 0.3) is 0 Å². The molecular formula is C20H23ClN2O3. The number of hydrogen-bond acceptors (Lipinski definition) is 3. The van der Waals surface area contributed by atoms with Crippen molar-refractivity contribution in [3.8, 4) is 5.75 Å². The molecule has 0 aliphatic carbocycles. The van der Waals surface area contributed by atoms with Crippen molar-refractivity contribution in [3.63, 3.8) is 0 Å². The predicted molar refractivity (Wildman–Crippen MR) is 104 cm³/mol. The molecule has 0 aliphatic heterocycles. The molecule has 0 atom stereocenters. The second-order valence-electron chi connectivity index (χ2n) is 6.01. The van der Waals surface area contributed by atoms with Gasteiger partial charge in [-0.25, -0.2) is 0 Å². The molecule has 0 bridgehead atoms. The van der Waals surface area contributed by atoms with E-state index in [0.717, 1.165) is 23.2 Å². The van der Waals surface area contributed by atoms with Gasteiger partial charge in [-0.15, -0.1) is 0 Å². The number of carbonyl (C=O) groups excluding carboxylic acids is 2. The summed E-state index contributed by atoms with van der Waals surface area (Å²) in [5.74, 6) is 0.0696. The number of aryl methyl sites for hydroxylation is 2. The van der Waals surface area contributed by atoms with Crippen LogP contribution in [-0.4, -0.2) is 36.9 Å². The molecule has 6 heteroatoms. The molecule has 138 valence electrons. The van der Waals surface area contributed by atoms with Crippen molar-refractivity contribution >= 4 is 29.1 Å². The normalized spacial score (nSPS) is 10.3. The van der Waals surface area contributed by atoms with Crippen LogP contribution in [0.15, 0.2) is 42.5 Å². The van der Waals surface area contributed by atoms with Gasteiger partial charge in [0.25, 0.3) is 5.91 Å². The first-order valence-corrected chi connectivity index (χ1v) is 8.79. The van der Waals surface area contributed by atoms with Crippen LogP contribution >= 0.6 is 11.6 Å². The minimum Gasteiger partial charge on any atom is -0.483 e. The molecule has 5 nitrogen and oxygen atoms in total. The summed E-state index contributed by atoms with van der Waals surface area (Å²) in [6, 6.07) is 12.8. The van der Waals surface area contributed by atoms with E-state index < -0.39 is 0 Å². The zero-order valence-corrected chi connectivity index (χ0v) is 16.0. The maximum absolute atomic E-state index is 12.2. The van der Waals surface area contributed by atoms with Crippen LogP contribution in [0.4, 0.5) is 5.69 Å². The number of likely N-dealkylation sites (N-methyl/N-ethyl adjacent to an activating group) is 1. The van der Waals surface area contributed by atoms with Gasteiger partial charge in [-0.3, -0.25) is 9.59 Å². The summed E-state index contributed by atoms with van der Waals surface area (Å²) in [5, 5.41) is 3.46. The lowest BCUT2D eigenvalue weighted by Crippen LogP contribution is -2.37. The van der Waals surface area contributed by atoms with Gasteiger partial charge in [0.1, 0.15) is 5.75 Å². The van der Waals surface area contributed by atoms with Crippen LogP contribution in [0.3, 0.4) is 0 Å². The number of anilines is 1.